The van der Waals surface area contributed by atoms with Gasteiger partial charge in [0.05, 0.1) is 6.33 Å². The maximum Gasteiger partial charge on any atom is 0.321 e. The van der Waals surface area contributed by atoms with E-state index in [0.717, 1.165) is 5.69 Å². The molecule has 78 valence electrons. The van der Waals surface area contributed by atoms with Crippen LogP contribution in [0.25, 0.3) is 0 Å². The standard InChI is InChI=1S/C9H15N3O2/c1-9(2,7(10)8(13)14)3-6-4-11-5-12-6/h4-5,7H,3,10H2,1-2H3,(H,11,12)(H,13,14). The van der Waals surface area contributed by atoms with Crippen molar-refractivity contribution < 1.29 is 9.90 Å². The summed E-state index contributed by atoms with van der Waals surface area (Å²) in [6.45, 7) is 3.65. The van der Waals surface area contributed by atoms with Crippen LogP contribution in [0.3, 0.4) is 0 Å². The largest absolute Gasteiger partial charge is 0.480 e. The number of aromatic amines is 1. The van der Waals surface area contributed by atoms with E-state index in [1.165, 1.54) is 0 Å². The van der Waals surface area contributed by atoms with Gasteiger partial charge in [-0.1, -0.05) is 13.8 Å². The average molecular weight is 197 g/mol. The van der Waals surface area contributed by atoms with E-state index in [0.29, 0.717) is 6.42 Å². The Morgan fingerprint density at radius 1 is 1.79 bits per heavy atom. The normalized spacial score (nSPS) is 13.9. The van der Waals surface area contributed by atoms with E-state index in [9.17, 15) is 4.79 Å². The molecule has 0 aliphatic heterocycles. The van der Waals surface area contributed by atoms with Crippen molar-refractivity contribution in [2.75, 3.05) is 0 Å². The van der Waals surface area contributed by atoms with Crippen molar-refractivity contribution in [3.05, 3.63) is 18.2 Å². The summed E-state index contributed by atoms with van der Waals surface area (Å²) in [5, 5.41) is 8.80. The average Bonchev–Trinajstić information content (AvgIpc) is 2.54. The Bertz CT molecular complexity index is 306. The number of rotatable bonds is 4. The van der Waals surface area contributed by atoms with E-state index in [4.69, 9.17) is 10.8 Å². The summed E-state index contributed by atoms with van der Waals surface area (Å²) in [6.07, 6.45) is 3.81. The first-order valence-electron chi connectivity index (χ1n) is 4.39. The lowest BCUT2D eigenvalue weighted by atomic mass is 9.81. The lowest BCUT2D eigenvalue weighted by Gasteiger charge is -2.27. The number of H-pyrrole nitrogens is 1. The number of nitrogens with one attached hydrogen (secondary N) is 1. The van der Waals surface area contributed by atoms with Gasteiger partial charge in [0.1, 0.15) is 6.04 Å². The molecule has 4 N–H and O–H groups in total. The summed E-state index contributed by atoms with van der Waals surface area (Å²) < 4.78 is 0. The number of hydrogen-bond donors (Lipinski definition) is 3. The minimum atomic E-state index is -0.977. The first-order valence-corrected chi connectivity index (χ1v) is 4.39. The zero-order chi connectivity index (χ0) is 10.8. The van der Waals surface area contributed by atoms with E-state index in [1.54, 1.807) is 12.5 Å². The third-order valence-electron chi connectivity index (χ3n) is 2.31. The third kappa shape index (κ3) is 2.32. The van der Waals surface area contributed by atoms with Gasteiger partial charge in [-0.2, -0.15) is 0 Å². The second-order valence-electron chi connectivity index (χ2n) is 4.06. The highest BCUT2D eigenvalue weighted by Gasteiger charge is 2.32. The van der Waals surface area contributed by atoms with E-state index in [2.05, 4.69) is 9.97 Å². The van der Waals surface area contributed by atoms with E-state index in [1.807, 2.05) is 13.8 Å². The Morgan fingerprint density at radius 2 is 2.43 bits per heavy atom. The molecule has 0 aliphatic carbocycles. The first kappa shape index (κ1) is 10.7. The quantitative estimate of drug-likeness (QED) is 0.651. The van der Waals surface area contributed by atoms with Crippen LogP contribution in [0.1, 0.15) is 19.5 Å². The molecule has 0 bridgehead atoms. The molecular formula is C9H15N3O2. The number of hydrogen-bond acceptors (Lipinski definition) is 3. The Morgan fingerprint density at radius 3 is 2.86 bits per heavy atom. The molecular weight excluding hydrogens is 182 g/mol. The number of nitrogens with two attached hydrogens (primary N) is 1. The van der Waals surface area contributed by atoms with Crippen LogP contribution in [-0.4, -0.2) is 27.1 Å². The van der Waals surface area contributed by atoms with Crippen LogP contribution in [0, 0.1) is 5.41 Å². The molecule has 0 saturated heterocycles. The smallest absolute Gasteiger partial charge is 0.321 e. The zero-order valence-electron chi connectivity index (χ0n) is 8.32. The molecule has 1 heterocycles. The Hall–Kier alpha value is -1.36. The topological polar surface area (TPSA) is 92.0 Å². The molecule has 14 heavy (non-hydrogen) atoms. The van der Waals surface area contributed by atoms with Crippen molar-refractivity contribution in [1.82, 2.24) is 9.97 Å². The fraction of sp³-hybridized carbons (Fsp3) is 0.556. The number of imidazole rings is 1. The second kappa shape index (κ2) is 3.79. The SMILES string of the molecule is CC(C)(Cc1cnc[nH]1)C(N)C(=O)O. The van der Waals surface area contributed by atoms with Crippen molar-refractivity contribution in [2.24, 2.45) is 11.1 Å². The van der Waals surface area contributed by atoms with Gasteiger partial charge >= 0.3 is 5.97 Å². The lowest BCUT2D eigenvalue weighted by molar-refractivity contribution is -0.141. The van der Waals surface area contributed by atoms with Gasteiger partial charge in [-0.15, -0.1) is 0 Å². The molecule has 0 radical (unpaired) electrons. The highest BCUT2D eigenvalue weighted by molar-refractivity contribution is 5.74. The molecule has 1 rings (SSSR count). The molecule has 0 saturated carbocycles. The maximum atomic E-state index is 10.7. The molecule has 1 atom stereocenters. The minimum absolute atomic E-state index is 0.488. The summed E-state index contributed by atoms with van der Waals surface area (Å²) in [5.74, 6) is -0.977. The van der Waals surface area contributed by atoms with Crippen LogP contribution >= 0.6 is 0 Å². The summed E-state index contributed by atoms with van der Waals surface area (Å²) in [4.78, 5) is 17.5. The Balaban J connectivity index is 2.71. The van der Waals surface area contributed by atoms with Gasteiger partial charge < -0.3 is 15.8 Å². The first-order chi connectivity index (χ1) is 6.43. The van der Waals surface area contributed by atoms with Gasteiger partial charge in [0, 0.05) is 11.9 Å². The van der Waals surface area contributed by atoms with Crippen LogP contribution in [0.2, 0.25) is 0 Å². The highest BCUT2D eigenvalue weighted by Crippen LogP contribution is 2.24. The maximum absolute atomic E-state index is 10.7. The van der Waals surface area contributed by atoms with Gasteiger partial charge in [-0.25, -0.2) is 4.98 Å². The van der Waals surface area contributed by atoms with Gasteiger partial charge in [0.15, 0.2) is 0 Å². The van der Waals surface area contributed by atoms with Gasteiger partial charge in [-0.3, -0.25) is 4.79 Å². The molecule has 5 heteroatoms. The molecule has 0 aromatic carbocycles. The number of aromatic nitrogens is 2. The van der Waals surface area contributed by atoms with Crippen molar-refractivity contribution in [3.63, 3.8) is 0 Å². The summed E-state index contributed by atoms with van der Waals surface area (Å²) in [6, 6.07) is -0.870. The molecule has 1 unspecified atom stereocenters. The molecule has 0 amide bonds. The number of carbonyl (C=O) groups is 1. The number of nitrogens with zero attached hydrogens (tertiary/aromatic N) is 1. The van der Waals surface area contributed by atoms with E-state index in [-0.39, 0.29) is 0 Å². The summed E-state index contributed by atoms with van der Waals surface area (Å²) in [5.41, 5.74) is 5.98. The molecule has 5 nitrogen and oxygen atoms in total. The zero-order valence-corrected chi connectivity index (χ0v) is 8.32. The van der Waals surface area contributed by atoms with Crippen molar-refractivity contribution in [1.29, 1.82) is 0 Å². The van der Waals surface area contributed by atoms with E-state index < -0.39 is 17.4 Å². The number of carboxylic acid groups (broad SMARTS) is 1. The van der Waals surface area contributed by atoms with E-state index >= 15 is 0 Å². The Kier molecular flexibility index (Phi) is 2.90. The monoisotopic (exact) mass is 197 g/mol. The number of carboxylic acids is 1. The summed E-state index contributed by atoms with van der Waals surface area (Å²) >= 11 is 0. The van der Waals surface area contributed by atoms with Crippen LogP contribution in [-0.2, 0) is 11.2 Å². The predicted octanol–water partition coefficient (Wildman–Crippen LogP) is 0.390. The molecule has 0 fully saturated rings. The second-order valence-corrected chi connectivity index (χ2v) is 4.06. The predicted molar refractivity (Wildman–Crippen MR) is 51.7 cm³/mol. The van der Waals surface area contributed by atoms with Crippen molar-refractivity contribution >= 4 is 5.97 Å². The van der Waals surface area contributed by atoms with Gasteiger partial charge in [-0.05, 0) is 11.8 Å². The molecule has 0 spiro atoms. The molecule has 1 aromatic heterocycles. The van der Waals surface area contributed by atoms with Crippen LogP contribution < -0.4 is 5.73 Å². The summed E-state index contributed by atoms with van der Waals surface area (Å²) in [7, 11) is 0. The number of aliphatic carboxylic acids is 1. The molecule has 1 aromatic rings. The van der Waals surface area contributed by atoms with Crippen molar-refractivity contribution in [3.8, 4) is 0 Å². The van der Waals surface area contributed by atoms with Crippen LogP contribution in [0.5, 0.6) is 0 Å². The fourth-order valence-corrected chi connectivity index (χ4v) is 1.32. The Labute approximate surface area is 82.3 Å². The van der Waals surface area contributed by atoms with Crippen molar-refractivity contribution in [2.45, 2.75) is 26.3 Å². The van der Waals surface area contributed by atoms with Gasteiger partial charge in [0.25, 0.3) is 0 Å². The lowest BCUT2D eigenvalue weighted by Crippen LogP contribution is -2.45. The van der Waals surface area contributed by atoms with Crippen LogP contribution in [0.4, 0.5) is 0 Å². The third-order valence-corrected chi connectivity index (χ3v) is 2.31. The van der Waals surface area contributed by atoms with Gasteiger partial charge in [0.2, 0.25) is 0 Å². The fourth-order valence-electron chi connectivity index (χ4n) is 1.32. The molecule has 0 aliphatic rings. The highest BCUT2D eigenvalue weighted by atomic mass is 16.4. The van der Waals surface area contributed by atoms with Crippen LogP contribution in [0.15, 0.2) is 12.5 Å². The minimum Gasteiger partial charge on any atom is -0.480 e.